The van der Waals surface area contributed by atoms with Gasteiger partial charge in [-0.25, -0.2) is 4.79 Å². The van der Waals surface area contributed by atoms with Gasteiger partial charge in [-0.05, 0) is 34.4 Å². The van der Waals surface area contributed by atoms with Crippen LogP contribution in [-0.2, 0) is 4.74 Å². The number of ether oxygens (including phenoxy) is 1. The van der Waals surface area contributed by atoms with E-state index in [1.54, 1.807) is 24.3 Å². The van der Waals surface area contributed by atoms with Crippen LogP contribution in [0.2, 0.25) is 0 Å². The molecule has 21 heavy (non-hydrogen) atoms. The van der Waals surface area contributed by atoms with E-state index in [4.69, 9.17) is 4.74 Å². The van der Waals surface area contributed by atoms with Gasteiger partial charge >= 0.3 is 5.97 Å². The van der Waals surface area contributed by atoms with Crippen molar-refractivity contribution in [3.05, 3.63) is 41.5 Å². The van der Waals surface area contributed by atoms with Crippen molar-refractivity contribution in [1.82, 2.24) is 0 Å². The number of aldehydes is 1. The zero-order valence-electron chi connectivity index (χ0n) is 12.3. The summed E-state index contributed by atoms with van der Waals surface area (Å²) in [5.41, 5.74) is 0.555. The molecule has 4 heteroatoms. The lowest BCUT2D eigenvalue weighted by Gasteiger charge is -2.17. The van der Waals surface area contributed by atoms with Gasteiger partial charge in [0.1, 0.15) is 5.75 Å². The molecule has 2 aromatic rings. The Morgan fingerprint density at radius 2 is 1.95 bits per heavy atom. The van der Waals surface area contributed by atoms with Crippen LogP contribution in [-0.4, -0.2) is 24.0 Å². The number of carbonyl (C=O) groups is 2. The van der Waals surface area contributed by atoms with Gasteiger partial charge in [-0.15, -0.1) is 0 Å². The van der Waals surface area contributed by atoms with E-state index in [0.29, 0.717) is 29.2 Å². The summed E-state index contributed by atoms with van der Waals surface area (Å²) >= 11 is 0. The first-order valence-electron chi connectivity index (χ1n) is 6.70. The summed E-state index contributed by atoms with van der Waals surface area (Å²) in [5, 5.41) is 11.0. The predicted octanol–water partition coefficient (Wildman–Crippen LogP) is 3.56. The fourth-order valence-electron chi connectivity index (χ4n) is 1.96. The molecule has 0 heterocycles. The van der Waals surface area contributed by atoms with Gasteiger partial charge in [0.25, 0.3) is 0 Å². The molecule has 0 aliphatic heterocycles. The largest absolute Gasteiger partial charge is 0.507 e. The van der Waals surface area contributed by atoms with E-state index in [0.717, 1.165) is 0 Å². The van der Waals surface area contributed by atoms with E-state index >= 15 is 0 Å². The second-order valence-electron chi connectivity index (χ2n) is 6.19. The number of phenolic OH excluding ortho intramolecular Hbond substituents is 1. The molecule has 0 saturated heterocycles. The van der Waals surface area contributed by atoms with Gasteiger partial charge in [0.2, 0.25) is 0 Å². The Morgan fingerprint density at radius 3 is 2.57 bits per heavy atom. The molecule has 0 unspecified atom stereocenters. The van der Waals surface area contributed by atoms with Crippen molar-refractivity contribution in [3.63, 3.8) is 0 Å². The summed E-state index contributed by atoms with van der Waals surface area (Å²) in [5.74, 6) is -0.465. The Kier molecular flexibility index (Phi) is 3.98. The first-order valence-corrected chi connectivity index (χ1v) is 6.70. The monoisotopic (exact) mass is 286 g/mol. The number of hydrogen-bond acceptors (Lipinski definition) is 4. The third-order valence-corrected chi connectivity index (χ3v) is 3.03. The van der Waals surface area contributed by atoms with Gasteiger partial charge in [0.05, 0.1) is 17.7 Å². The molecular weight excluding hydrogens is 268 g/mol. The highest BCUT2D eigenvalue weighted by atomic mass is 16.5. The lowest BCUT2D eigenvalue weighted by Crippen LogP contribution is -2.18. The van der Waals surface area contributed by atoms with Crippen LogP contribution in [0.5, 0.6) is 5.75 Å². The Bertz CT molecular complexity index is 696. The Hall–Kier alpha value is -2.36. The van der Waals surface area contributed by atoms with Gasteiger partial charge in [0.15, 0.2) is 6.29 Å². The van der Waals surface area contributed by atoms with Crippen LogP contribution in [0.25, 0.3) is 10.8 Å². The summed E-state index contributed by atoms with van der Waals surface area (Å²) in [6, 6.07) is 8.01. The summed E-state index contributed by atoms with van der Waals surface area (Å²) < 4.78 is 5.26. The van der Waals surface area contributed by atoms with E-state index in [2.05, 4.69) is 0 Å². The number of benzene rings is 2. The van der Waals surface area contributed by atoms with Crippen LogP contribution in [0.3, 0.4) is 0 Å². The molecule has 0 aromatic heterocycles. The van der Waals surface area contributed by atoms with E-state index in [1.807, 2.05) is 20.8 Å². The number of phenols is 1. The number of rotatable bonds is 3. The van der Waals surface area contributed by atoms with Gasteiger partial charge in [-0.2, -0.15) is 0 Å². The average Bonchev–Trinajstić information content (AvgIpc) is 2.43. The van der Waals surface area contributed by atoms with Crippen LogP contribution in [0.1, 0.15) is 41.5 Å². The maximum atomic E-state index is 12.0. The predicted molar refractivity (Wildman–Crippen MR) is 80.7 cm³/mol. The van der Waals surface area contributed by atoms with Gasteiger partial charge in [-0.1, -0.05) is 32.9 Å². The van der Waals surface area contributed by atoms with Crippen molar-refractivity contribution in [3.8, 4) is 5.75 Å². The van der Waals surface area contributed by atoms with Crippen molar-refractivity contribution < 1.29 is 19.4 Å². The normalized spacial score (nSPS) is 11.4. The number of hydrogen-bond donors (Lipinski definition) is 1. The third kappa shape index (κ3) is 3.40. The Balaban J connectivity index is 2.33. The minimum atomic E-state index is -0.396. The smallest absolute Gasteiger partial charge is 0.338 e. The summed E-state index contributed by atoms with van der Waals surface area (Å²) in [6.45, 7) is 6.29. The lowest BCUT2D eigenvalue weighted by atomic mass is 9.98. The molecule has 0 fully saturated rings. The Labute approximate surface area is 123 Å². The molecule has 1 N–H and O–H groups in total. The first-order chi connectivity index (χ1) is 9.81. The van der Waals surface area contributed by atoms with E-state index in [1.165, 1.54) is 6.07 Å². The van der Waals surface area contributed by atoms with Gasteiger partial charge < -0.3 is 9.84 Å². The topological polar surface area (TPSA) is 63.6 Å². The van der Waals surface area contributed by atoms with Crippen molar-refractivity contribution >= 4 is 23.0 Å². The second-order valence-corrected chi connectivity index (χ2v) is 6.19. The quantitative estimate of drug-likeness (QED) is 0.692. The maximum absolute atomic E-state index is 12.0. The third-order valence-electron chi connectivity index (χ3n) is 3.03. The zero-order valence-corrected chi connectivity index (χ0v) is 12.3. The van der Waals surface area contributed by atoms with E-state index in [9.17, 15) is 14.7 Å². The van der Waals surface area contributed by atoms with Crippen LogP contribution < -0.4 is 0 Å². The highest BCUT2D eigenvalue weighted by Gasteiger charge is 2.16. The number of fused-ring (bicyclic) bond motifs is 1. The minimum Gasteiger partial charge on any atom is -0.507 e. The fourth-order valence-corrected chi connectivity index (χ4v) is 1.96. The van der Waals surface area contributed by atoms with Gasteiger partial charge in [-0.3, -0.25) is 4.79 Å². The maximum Gasteiger partial charge on any atom is 0.338 e. The van der Waals surface area contributed by atoms with E-state index < -0.39 is 5.97 Å². The second kappa shape index (κ2) is 5.56. The van der Waals surface area contributed by atoms with Gasteiger partial charge in [0, 0.05) is 0 Å². The van der Waals surface area contributed by atoms with Crippen LogP contribution in [0, 0.1) is 5.41 Å². The molecule has 0 aliphatic carbocycles. The van der Waals surface area contributed by atoms with Crippen molar-refractivity contribution in [2.45, 2.75) is 20.8 Å². The van der Waals surface area contributed by atoms with Crippen LogP contribution in [0.4, 0.5) is 0 Å². The number of esters is 1. The number of carbonyl (C=O) groups excluding carboxylic acids is 2. The van der Waals surface area contributed by atoms with Crippen LogP contribution >= 0.6 is 0 Å². The average molecular weight is 286 g/mol. The standard InChI is InChI=1S/C17H18O4/c1-17(2,3)10-21-16(20)12-4-6-13-11(8-12)5-7-15(19)14(13)9-18/h4-9,19H,10H2,1-3H3. The van der Waals surface area contributed by atoms with Crippen molar-refractivity contribution in [2.75, 3.05) is 6.61 Å². The Morgan fingerprint density at radius 1 is 1.24 bits per heavy atom. The molecule has 0 radical (unpaired) electrons. The molecule has 0 spiro atoms. The molecule has 0 saturated carbocycles. The number of aromatic hydroxyl groups is 1. The minimum absolute atomic E-state index is 0.0689. The molecule has 2 aromatic carbocycles. The highest BCUT2D eigenvalue weighted by Crippen LogP contribution is 2.26. The molecule has 4 nitrogen and oxygen atoms in total. The lowest BCUT2D eigenvalue weighted by molar-refractivity contribution is 0.0367. The molecule has 0 aliphatic rings. The van der Waals surface area contributed by atoms with Crippen molar-refractivity contribution in [2.24, 2.45) is 5.41 Å². The summed E-state index contributed by atoms with van der Waals surface area (Å²) in [4.78, 5) is 23.0. The fraction of sp³-hybridized carbons (Fsp3) is 0.294. The highest BCUT2D eigenvalue weighted by molar-refractivity contribution is 6.03. The molecule has 0 bridgehead atoms. The molecule has 0 amide bonds. The molecule has 2 rings (SSSR count). The van der Waals surface area contributed by atoms with Crippen LogP contribution in [0.15, 0.2) is 30.3 Å². The molecular formula is C17H18O4. The molecule has 110 valence electrons. The van der Waals surface area contributed by atoms with Crippen molar-refractivity contribution in [1.29, 1.82) is 0 Å². The zero-order chi connectivity index (χ0) is 15.6. The summed E-state index contributed by atoms with van der Waals surface area (Å²) in [6.07, 6.45) is 0.606. The SMILES string of the molecule is CC(C)(C)COC(=O)c1ccc2c(C=O)c(O)ccc2c1. The first kappa shape index (κ1) is 15.0. The van der Waals surface area contributed by atoms with E-state index in [-0.39, 0.29) is 16.7 Å². The summed E-state index contributed by atoms with van der Waals surface area (Å²) in [7, 11) is 0. The molecule has 0 atom stereocenters.